The van der Waals surface area contributed by atoms with E-state index in [4.69, 9.17) is 0 Å². The molecule has 2 aromatic heterocycles. The molecule has 0 atom stereocenters. The molecule has 2 aromatic carbocycles. The van der Waals surface area contributed by atoms with Crippen molar-refractivity contribution in [2.75, 3.05) is 0 Å². The van der Waals surface area contributed by atoms with E-state index in [1.165, 1.54) is 0 Å². The first-order valence-electron chi connectivity index (χ1n) is 8.17. The van der Waals surface area contributed by atoms with Crippen LogP contribution in [0.5, 0.6) is 0 Å². The van der Waals surface area contributed by atoms with Gasteiger partial charge in [-0.2, -0.15) is 26.3 Å². The quantitative estimate of drug-likeness (QED) is 0.351. The van der Waals surface area contributed by atoms with Gasteiger partial charge >= 0.3 is 19.9 Å². The standard InChI is InChI=1S/C15H9F6N6O3P/c16-14(17,18)7-3-1-5-9-11(7)22-24-26(9)13(31(28,29)30)27-10-6-2-4-8(15(19,20)21)12(10)23-25-27/h1-6,13H,(H2,28,29,30). The lowest BCUT2D eigenvalue weighted by Crippen LogP contribution is -2.21. The van der Waals surface area contributed by atoms with E-state index in [2.05, 4.69) is 20.6 Å². The van der Waals surface area contributed by atoms with Crippen molar-refractivity contribution < 1.29 is 40.7 Å². The summed E-state index contributed by atoms with van der Waals surface area (Å²) in [5, 5.41) is 13.6. The maximum absolute atomic E-state index is 13.2. The van der Waals surface area contributed by atoms with Crippen molar-refractivity contribution in [3.05, 3.63) is 47.5 Å². The molecule has 16 heteroatoms. The second-order valence-electron chi connectivity index (χ2n) is 6.35. The lowest BCUT2D eigenvalue weighted by atomic mass is 10.2. The molecule has 0 aliphatic carbocycles. The molecule has 0 amide bonds. The van der Waals surface area contributed by atoms with Crippen molar-refractivity contribution in [2.24, 2.45) is 0 Å². The fourth-order valence-corrected chi connectivity index (χ4v) is 4.02. The number of halogens is 6. The Morgan fingerprint density at radius 3 is 1.48 bits per heavy atom. The van der Waals surface area contributed by atoms with Gasteiger partial charge in [0.25, 0.3) is 0 Å². The van der Waals surface area contributed by atoms with Crippen molar-refractivity contribution in [1.29, 1.82) is 0 Å². The Balaban J connectivity index is 1.99. The molecule has 164 valence electrons. The predicted molar refractivity (Wildman–Crippen MR) is 91.5 cm³/mol. The number of hydrogen-bond acceptors (Lipinski definition) is 5. The normalized spacial score (nSPS) is 13.6. The minimum Gasteiger partial charge on any atom is -0.322 e. The largest absolute Gasteiger partial charge is 0.418 e. The van der Waals surface area contributed by atoms with E-state index in [-0.39, 0.29) is 0 Å². The first kappa shape index (κ1) is 21.2. The number of rotatable bonds is 3. The Hall–Kier alpha value is -3.03. The Morgan fingerprint density at radius 2 is 1.16 bits per heavy atom. The van der Waals surface area contributed by atoms with E-state index in [9.17, 15) is 40.7 Å². The third-order valence-corrected chi connectivity index (χ3v) is 5.39. The Morgan fingerprint density at radius 1 is 0.774 bits per heavy atom. The molecule has 4 rings (SSSR count). The predicted octanol–water partition coefficient (Wildman–Crippen LogP) is 3.40. The number of benzene rings is 2. The highest BCUT2D eigenvalue weighted by Crippen LogP contribution is 2.51. The first-order valence-corrected chi connectivity index (χ1v) is 9.86. The molecule has 0 fully saturated rings. The van der Waals surface area contributed by atoms with Gasteiger partial charge < -0.3 is 9.79 Å². The lowest BCUT2D eigenvalue weighted by Gasteiger charge is -2.20. The van der Waals surface area contributed by atoms with Gasteiger partial charge in [-0.05, 0) is 24.3 Å². The zero-order valence-electron chi connectivity index (χ0n) is 14.7. The van der Waals surface area contributed by atoms with Crippen LogP contribution in [-0.2, 0) is 16.9 Å². The summed E-state index contributed by atoms with van der Waals surface area (Å²) in [7, 11) is -5.32. The van der Waals surface area contributed by atoms with Crippen LogP contribution in [0.15, 0.2) is 36.4 Å². The molecule has 0 saturated carbocycles. The lowest BCUT2D eigenvalue weighted by molar-refractivity contribution is -0.137. The Bertz CT molecular complexity index is 1250. The van der Waals surface area contributed by atoms with Gasteiger partial charge in [0.05, 0.1) is 22.2 Å². The van der Waals surface area contributed by atoms with Crippen LogP contribution in [0.1, 0.15) is 17.0 Å². The summed E-state index contributed by atoms with van der Waals surface area (Å²) in [5.41, 5.74) is -4.65. The van der Waals surface area contributed by atoms with Crippen molar-refractivity contribution in [2.45, 2.75) is 18.3 Å². The van der Waals surface area contributed by atoms with Gasteiger partial charge in [0.1, 0.15) is 11.0 Å². The second kappa shape index (κ2) is 6.73. The van der Waals surface area contributed by atoms with Crippen LogP contribution in [0.4, 0.5) is 26.3 Å². The van der Waals surface area contributed by atoms with Crippen molar-refractivity contribution >= 4 is 29.7 Å². The highest BCUT2D eigenvalue weighted by molar-refractivity contribution is 7.51. The number of nitrogens with zero attached hydrogens (tertiary/aromatic N) is 6. The molecule has 2 N–H and O–H groups in total. The summed E-state index contributed by atoms with van der Waals surface area (Å²) in [6.45, 7) is 0. The molecular weight excluding hydrogens is 457 g/mol. The molecule has 31 heavy (non-hydrogen) atoms. The maximum atomic E-state index is 13.2. The molecule has 0 aliphatic rings. The number of alkyl halides is 6. The van der Waals surface area contributed by atoms with E-state index < -0.39 is 59.0 Å². The van der Waals surface area contributed by atoms with Crippen molar-refractivity contribution in [1.82, 2.24) is 30.0 Å². The van der Waals surface area contributed by atoms with Gasteiger partial charge in [0.15, 0.2) is 0 Å². The Kier molecular flexibility index (Phi) is 4.61. The van der Waals surface area contributed by atoms with Crippen LogP contribution in [0.3, 0.4) is 0 Å². The molecule has 0 bridgehead atoms. The van der Waals surface area contributed by atoms with Crippen LogP contribution in [-0.4, -0.2) is 39.8 Å². The number of aromatic nitrogens is 6. The fraction of sp³-hybridized carbons (Fsp3) is 0.200. The number of fused-ring (bicyclic) bond motifs is 2. The molecule has 0 radical (unpaired) electrons. The van der Waals surface area contributed by atoms with Crippen LogP contribution < -0.4 is 0 Å². The SMILES string of the molecule is O=P(O)(O)C(n1nnc2c(C(F)(F)F)cccc21)n1nnc2c(C(F)(F)F)cccc21. The third-order valence-electron chi connectivity index (χ3n) is 4.35. The zero-order chi connectivity index (χ0) is 22.8. The molecule has 0 aliphatic heterocycles. The zero-order valence-corrected chi connectivity index (χ0v) is 15.6. The van der Waals surface area contributed by atoms with Gasteiger partial charge in [-0.15, -0.1) is 10.2 Å². The molecule has 0 unspecified atom stereocenters. The van der Waals surface area contributed by atoms with Gasteiger partial charge in [-0.3, -0.25) is 4.57 Å². The Labute approximate surface area is 167 Å². The summed E-state index contributed by atoms with van der Waals surface area (Å²) in [6, 6.07) is 5.51. The minimum atomic E-state index is -5.32. The average molecular weight is 466 g/mol. The van der Waals surface area contributed by atoms with Crippen LogP contribution in [0.25, 0.3) is 22.1 Å². The molecule has 0 spiro atoms. The fourth-order valence-electron chi connectivity index (χ4n) is 3.11. The molecule has 4 aromatic rings. The summed E-state index contributed by atoms with van der Waals surface area (Å²) in [6.07, 6.45) is -9.67. The maximum Gasteiger partial charge on any atom is 0.418 e. The van der Waals surface area contributed by atoms with Gasteiger partial charge in [-0.1, -0.05) is 22.6 Å². The number of hydrogen-bond donors (Lipinski definition) is 2. The summed E-state index contributed by atoms with van der Waals surface area (Å²) >= 11 is 0. The van der Waals surface area contributed by atoms with Crippen LogP contribution >= 0.6 is 7.60 Å². The second-order valence-corrected chi connectivity index (χ2v) is 7.99. The van der Waals surface area contributed by atoms with E-state index in [0.29, 0.717) is 21.5 Å². The highest BCUT2D eigenvalue weighted by Gasteiger charge is 2.41. The molecular formula is C15H9F6N6O3P. The van der Waals surface area contributed by atoms with E-state index >= 15 is 0 Å². The van der Waals surface area contributed by atoms with Crippen LogP contribution in [0, 0.1) is 0 Å². The van der Waals surface area contributed by atoms with Gasteiger partial charge in [0.2, 0.25) is 5.91 Å². The summed E-state index contributed by atoms with van der Waals surface area (Å²) in [4.78, 5) is 19.8. The average Bonchev–Trinajstić information content (AvgIpc) is 3.24. The highest BCUT2D eigenvalue weighted by atomic mass is 31.2. The smallest absolute Gasteiger partial charge is 0.322 e. The van der Waals surface area contributed by atoms with Crippen molar-refractivity contribution in [3.8, 4) is 0 Å². The first-order chi connectivity index (χ1) is 14.3. The minimum absolute atomic E-state index is 0.418. The molecule has 9 nitrogen and oxygen atoms in total. The van der Waals surface area contributed by atoms with Crippen LogP contribution in [0.2, 0.25) is 0 Å². The monoisotopic (exact) mass is 466 g/mol. The summed E-state index contributed by atoms with van der Waals surface area (Å²) in [5.74, 6) is -2.24. The van der Waals surface area contributed by atoms with Gasteiger partial charge in [-0.25, -0.2) is 9.36 Å². The van der Waals surface area contributed by atoms with Gasteiger partial charge in [0, 0.05) is 0 Å². The molecule has 0 saturated heterocycles. The van der Waals surface area contributed by atoms with Crippen molar-refractivity contribution in [3.63, 3.8) is 0 Å². The van der Waals surface area contributed by atoms with E-state index in [1.54, 1.807) is 0 Å². The third kappa shape index (κ3) is 3.54. The molecule has 2 heterocycles. The van der Waals surface area contributed by atoms with E-state index in [0.717, 1.165) is 24.3 Å². The summed E-state index contributed by atoms with van der Waals surface area (Å²) < 4.78 is 92.6. The topological polar surface area (TPSA) is 119 Å². The van der Waals surface area contributed by atoms with E-state index in [1.807, 2.05) is 0 Å².